The smallest absolute Gasteiger partial charge is 0.299 e. The third-order valence-electron chi connectivity index (χ3n) is 5.14. The normalized spacial score (nSPS) is 27.0. The Hall–Kier alpha value is 0.550. The minimum atomic E-state index is -5.14. The molecule has 0 unspecified atom stereocenters. The van der Waals surface area contributed by atoms with Crippen molar-refractivity contribution in [2.75, 3.05) is 42.3 Å². The molecule has 0 atom stereocenters. The minimum Gasteiger partial charge on any atom is -0.299 e. The summed E-state index contributed by atoms with van der Waals surface area (Å²) in [6.07, 6.45) is 0. The standard InChI is InChI=1S/C12H23N6OP.C6H6Cl6.FH2O3P/c1-16(2)20(17(3)4,18(5)6)19-11-9-7-8-10-12(11)14-15-13-10;7-1-2(8)4(10)6(12)5(11)3(1)9;1-5(2,3)4/h7-9,20H,1-6H3,(H,13,14,15);1-6H;(H2,2,3,4)/t;1-,2-,3-,4+,5+,6+;. The molecular formula is C18H31Cl6FN6O4P2. The first-order valence-corrected chi connectivity index (χ1v) is 16.3. The Balaban J connectivity index is 0.000000340. The average molecular weight is 689 g/mol. The minimum absolute atomic E-state index is 0.437. The van der Waals surface area contributed by atoms with E-state index >= 15 is 0 Å². The average Bonchev–Trinajstić information content (AvgIpc) is 3.27. The van der Waals surface area contributed by atoms with Crippen LogP contribution in [0.1, 0.15) is 0 Å². The van der Waals surface area contributed by atoms with Crippen LogP contribution in [0.2, 0.25) is 0 Å². The van der Waals surface area contributed by atoms with Gasteiger partial charge in [0.05, 0.1) is 32.3 Å². The molecule has 1 saturated carbocycles. The Kier molecular flexibility index (Phi) is 14.4. The number of H-pyrrole nitrogens is 1. The zero-order chi connectivity index (χ0) is 28.9. The number of hydrogen-bond donors (Lipinski definition) is 3. The predicted molar refractivity (Wildman–Crippen MR) is 155 cm³/mol. The summed E-state index contributed by atoms with van der Waals surface area (Å²) in [7, 11) is 4.64. The van der Waals surface area contributed by atoms with Gasteiger partial charge in [0, 0.05) is 0 Å². The van der Waals surface area contributed by atoms with E-state index in [9.17, 15) is 4.20 Å². The summed E-state index contributed by atoms with van der Waals surface area (Å²) in [5.41, 5.74) is 1.64. The first-order valence-electron chi connectivity index (χ1n) is 10.5. The molecule has 19 heteroatoms. The van der Waals surface area contributed by atoms with E-state index in [-0.39, 0.29) is 0 Å². The van der Waals surface area contributed by atoms with Crippen LogP contribution in [-0.4, -0.2) is 114 Å². The maximum atomic E-state index is 10.4. The number of aromatic nitrogens is 3. The molecule has 37 heavy (non-hydrogen) atoms. The Morgan fingerprint density at radius 3 is 1.54 bits per heavy atom. The van der Waals surface area contributed by atoms with Gasteiger partial charge in [-0.1, -0.05) is 0 Å². The number of halogens is 7. The molecule has 0 spiro atoms. The molecule has 1 aromatic carbocycles. The molecule has 2 aromatic rings. The maximum absolute atomic E-state index is 10.4. The first-order chi connectivity index (χ1) is 16.9. The molecular weight excluding hydrogens is 658 g/mol. The maximum Gasteiger partial charge on any atom is 0.507 e. The predicted octanol–water partition coefficient (Wildman–Crippen LogP) is 5.12. The Labute approximate surface area is 246 Å². The van der Waals surface area contributed by atoms with Crippen LogP contribution in [0, 0.1) is 0 Å². The first kappa shape index (κ1) is 35.6. The number of rotatable bonds is 5. The molecule has 10 nitrogen and oxygen atoms in total. The van der Waals surface area contributed by atoms with E-state index < -0.39 is 48.1 Å². The van der Waals surface area contributed by atoms with Crippen molar-refractivity contribution in [2.45, 2.75) is 32.3 Å². The van der Waals surface area contributed by atoms with Gasteiger partial charge in [-0.05, 0) is 0 Å². The molecule has 216 valence electrons. The van der Waals surface area contributed by atoms with Crippen LogP contribution in [0.5, 0.6) is 5.75 Å². The van der Waals surface area contributed by atoms with Gasteiger partial charge in [0.25, 0.3) is 0 Å². The van der Waals surface area contributed by atoms with Gasteiger partial charge >= 0.3 is 127 Å². The number of nitrogens with zero attached hydrogens (tertiary/aromatic N) is 5. The van der Waals surface area contributed by atoms with E-state index in [4.69, 9.17) is 88.5 Å². The molecule has 0 saturated heterocycles. The quantitative estimate of drug-likeness (QED) is 0.291. The third kappa shape index (κ3) is 9.56. The van der Waals surface area contributed by atoms with E-state index in [1.54, 1.807) is 0 Å². The summed E-state index contributed by atoms with van der Waals surface area (Å²) in [4.78, 5) is 13.9. The summed E-state index contributed by atoms with van der Waals surface area (Å²) in [5.74, 6) is 0.749. The molecule has 3 rings (SSSR count). The van der Waals surface area contributed by atoms with Crippen molar-refractivity contribution in [1.29, 1.82) is 0 Å². The monoisotopic (exact) mass is 686 g/mol. The molecule has 0 amide bonds. The zero-order valence-corrected chi connectivity index (χ0v) is 27.2. The van der Waals surface area contributed by atoms with Crippen molar-refractivity contribution >= 4 is 96.5 Å². The fourth-order valence-electron chi connectivity index (χ4n) is 3.60. The van der Waals surface area contributed by atoms with Crippen molar-refractivity contribution in [1.82, 2.24) is 29.4 Å². The number of nitrogens with one attached hydrogen (secondary N) is 1. The van der Waals surface area contributed by atoms with Crippen LogP contribution in [0.4, 0.5) is 4.20 Å². The second kappa shape index (κ2) is 15.0. The summed E-state index contributed by atoms with van der Waals surface area (Å²) in [6, 6.07) is 5.81. The Morgan fingerprint density at radius 2 is 1.22 bits per heavy atom. The Bertz CT molecular complexity index is 949. The van der Waals surface area contributed by atoms with Crippen molar-refractivity contribution in [3.63, 3.8) is 0 Å². The fraction of sp³-hybridized carbons (Fsp3) is 0.667. The third-order valence-corrected chi connectivity index (χ3v) is 13.2. The number of benzene rings is 1. The van der Waals surface area contributed by atoms with Crippen molar-refractivity contribution in [3.8, 4) is 5.75 Å². The van der Waals surface area contributed by atoms with Crippen LogP contribution in [-0.2, 0) is 4.57 Å². The summed E-state index contributed by atoms with van der Waals surface area (Å²) in [6.45, 7) is 0. The number of alkyl halides is 6. The van der Waals surface area contributed by atoms with E-state index in [1.807, 2.05) is 60.5 Å². The summed E-state index contributed by atoms with van der Waals surface area (Å²) >= 11 is 35.3. The number of aromatic amines is 1. The zero-order valence-electron chi connectivity index (χ0n) is 20.7. The molecule has 1 aromatic heterocycles. The molecule has 0 bridgehead atoms. The van der Waals surface area contributed by atoms with Gasteiger partial charge in [-0.3, -0.25) is 9.79 Å². The largest absolute Gasteiger partial charge is 0.507 e. The van der Waals surface area contributed by atoms with Gasteiger partial charge < -0.3 is 0 Å². The van der Waals surface area contributed by atoms with Crippen molar-refractivity contribution in [3.05, 3.63) is 18.2 Å². The number of fused-ring (bicyclic) bond motifs is 1. The number of hydrogen-bond acceptors (Lipinski definition) is 7. The Morgan fingerprint density at radius 1 is 0.865 bits per heavy atom. The van der Waals surface area contributed by atoms with Gasteiger partial charge in [-0.15, -0.1) is 73.8 Å². The molecule has 3 N–H and O–H groups in total. The summed E-state index contributed by atoms with van der Waals surface area (Å²) in [5, 5.41) is 8.21. The van der Waals surface area contributed by atoms with Crippen LogP contribution in [0.15, 0.2) is 18.2 Å². The van der Waals surface area contributed by atoms with Crippen LogP contribution in [0.3, 0.4) is 0 Å². The van der Waals surface area contributed by atoms with Crippen LogP contribution >= 0.6 is 85.5 Å². The fourth-order valence-corrected chi connectivity index (χ4v) is 9.34. The van der Waals surface area contributed by atoms with E-state index in [0.717, 1.165) is 16.8 Å². The van der Waals surface area contributed by atoms with Gasteiger partial charge in [-0.2, -0.15) is 0 Å². The van der Waals surface area contributed by atoms with E-state index in [2.05, 4.69) is 29.4 Å². The molecule has 0 radical (unpaired) electrons. The molecule has 1 aliphatic carbocycles. The molecule has 1 aliphatic rings. The molecule has 0 aliphatic heterocycles. The van der Waals surface area contributed by atoms with Crippen LogP contribution < -0.4 is 4.52 Å². The van der Waals surface area contributed by atoms with Gasteiger partial charge in [0.1, 0.15) is 0 Å². The van der Waals surface area contributed by atoms with E-state index in [1.165, 1.54) is 0 Å². The second-order valence-corrected chi connectivity index (χ2v) is 16.5. The SMILES string of the molecule is CN(C)[PH](Oc1cccc2[nH]nnc12)(N(C)C)N(C)C.Cl[C@H]1[C@H](Cl)[C@@H](Cl)[C@@H](Cl)[C@H](Cl)[C@H]1Cl.O=P(O)(O)F. The molecule has 1 heterocycles. The second-order valence-electron chi connectivity index (χ2n) is 8.46. The van der Waals surface area contributed by atoms with Gasteiger partial charge in [0.2, 0.25) is 0 Å². The van der Waals surface area contributed by atoms with Crippen molar-refractivity contribution in [2.24, 2.45) is 0 Å². The molecule has 1 fully saturated rings. The van der Waals surface area contributed by atoms with Crippen molar-refractivity contribution < 1.29 is 23.1 Å². The topological polar surface area (TPSA) is 118 Å². The van der Waals surface area contributed by atoms with Gasteiger partial charge in [0.15, 0.2) is 0 Å². The van der Waals surface area contributed by atoms with Crippen LogP contribution in [0.25, 0.3) is 11.0 Å². The van der Waals surface area contributed by atoms with Gasteiger partial charge in [-0.25, -0.2) is 4.57 Å². The van der Waals surface area contributed by atoms with E-state index in [0.29, 0.717) is 0 Å². The summed E-state index contributed by atoms with van der Waals surface area (Å²) < 4.78 is 31.9.